The molecule has 14 heavy (non-hydrogen) atoms. The van der Waals surface area contributed by atoms with E-state index in [1.165, 1.54) is 7.11 Å². The van der Waals surface area contributed by atoms with Gasteiger partial charge in [0.15, 0.2) is 0 Å². The first-order valence-electron chi connectivity index (χ1n) is 4.62. The number of aryl methyl sites for hydroxylation is 1. The van der Waals surface area contributed by atoms with Gasteiger partial charge in [-0.15, -0.1) is 0 Å². The third-order valence-electron chi connectivity index (χ3n) is 2.69. The summed E-state index contributed by atoms with van der Waals surface area (Å²) in [6, 6.07) is 5.18. The van der Waals surface area contributed by atoms with Crippen LogP contribution in [0, 0.1) is 0 Å². The molecule has 1 aliphatic carbocycles. The monoisotopic (exact) mass is 192 g/mol. The van der Waals surface area contributed by atoms with Gasteiger partial charge < -0.3 is 9.84 Å². The molecule has 1 aliphatic rings. The molecule has 1 aromatic carbocycles. The maximum absolute atomic E-state index is 11.4. The fourth-order valence-corrected chi connectivity index (χ4v) is 1.98. The Morgan fingerprint density at radius 2 is 2.36 bits per heavy atom. The highest BCUT2D eigenvalue weighted by Gasteiger charge is 2.29. The number of aromatic hydroxyl groups is 1. The Morgan fingerprint density at radius 1 is 1.57 bits per heavy atom. The lowest BCUT2D eigenvalue weighted by Crippen LogP contribution is -2.11. The van der Waals surface area contributed by atoms with Crippen molar-refractivity contribution in [2.24, 2.45) is 0 Å². The summed E-state index contributed by atoms with van der Waals surface area (Å²) in [7, 11) is 1.39. The zero-order chi connectivity index (χ0) is 10.1. The van der Waals surface area contributed by atoms with E-state index in [0.717, 1.165) is 24.0 Å². The van der Waals surface area contributed by atoms with Gasteiger partial charge in [-0.1, -0.05) is 6.07 Å². The lowest BCUT2D eigenvalue weighted by atomic mass is 10.0. The first kappa shape index (κ1) is 9.06. The van der Waals surface area contributed by atoms with Gasteiger partial charge in [0.25, 0.3) is 0 Å². The number of fused-ring (bicyclic) bond motifs is 1. The van der Waals surface area contributed by atoms with Crippen LogP contribution in [0.2, 0.25) is 0 Å². The number of hydrogen-bond donors (Lipinski definition) is 1. The molecule has 0 amide bonds. The number of phenolic OH excluding ortho intramolecular Hbond substituents is 1. The summed E-state index contributed by atoms with van der Waals surface area (Å²) in [6.45, 7) is 0. The van der Waals surface area contributed by atoms with Crippen molar-refractivity contribution in [2.75, 3.05) is 7.11 Å². The van der Waals surface area contributed by atoms with Crippen LogP contribution >= 0.6 is 0 Å². The Kier molecular flexibility index (Phi) is 2.15. The third-order valence-corrected chi connectivity index (χ3v) is 2.69. The average molecular weight is 192 g/mol. The van der Waals surface area contributed by atoms with E-state index in [4.69, 9.17) is 4.74 Å². The van der Waals surface area contributed by atoms with E-state index in [1.807, 2.05) is 6.07 Å². The normalized spacial score (nSPS) is 19.1. The van der Waals surface area contributed by atoms with Crippen LogP contribution in [0.3, 0.4) is 0 Å². The fraction of sp³-hybridized carbons (Fsp3) is 0.364. The van der Waals surface area contributed by atoms with E-state index in [2.05, 4.69) is 0 Å². The number of methoxy groups -OCH3 is 1. The quantitative estimate of drug-likeness (QED) is 0.687. The van der Waals surface area contributed by atoms with Gasteiger partial charge in [0.05, 0.1) is 13.0 Å². The summed E-state index contributed by atoms with van der Waals surface area (Å²) >= 11 is 0. The molecule has 0 heterocycles. The lowest BCUT2D eigenvalue weighted by molar-refractivity contribution is -0.142. The minimum Gasteiger partial charge on any atom is -0.508 e. The van der Waals surface area contributed by atoms with Crippen molar-refractivity contribution >= 4 is 5.97 Å². The van der Waals surface area contributed by atoms with Crippen molar-refractivity contribution < 1.29 is 14.6 Å². The molecule has 1 aromatic rings. The molecule has 2 rings (SSSR count). The van der Waals surface area contributed by atoms with Crippen molar-refractivity contribution in [3.05, 3.63) is 29.3 Å². The van der Waals surface area contributed by atoms with Gasteiger partial charge in [0, 0.05) is 0 Å². The number of rotatable bonds is 1. The largest absolute Gasteiger partial charge is 0.508 e. The lowest BCUT2D eigenvalue weighted by Gasteiger charge is -2.08. The molecule has 1 N–H and O–H groups in total. The van der Waals surface area contributed by atoms with Crippen molar-refractivity contribution in [1.29, 1.82) is 0 Å². The Balaban J connectivity index is 2.38. The van der Waals surface area contributed by atoms with Gasteiger partial charge in [0.2, 0.25) is 0 Å². The SMILES string of the molecule is COC(=O)C1CCc2ccc(O)cc21. The van der Waals surface area contributed by atoms with Crippen LogP contribution in [0.5, 0.6) is 5.75 Å². The molecule has 0 aromatic heterocycles. The number of carbonyl (C=O) groups excluding carboxylic acids is 1. The van der Waals surface area contributed by atoms with Crippen molar-refractivity contribution in [3.63, 3.8) is 0 Å². The minimum absolute atomic E-state index is 0.193. The number of benzene rings is 1. The number of carbonyl (C=O) groups is 1. The first-order valence-corrected chi connectivity index (χ1v) is 4.62. The van der Waals surface area contributed by atoms with Gasteiger partial charge in [0.1, 0.15) is 5.75 Å². The smallest absolute Gasteiger partial charge is 0.313 e. The second kappa shape index (κ2) is 3.33. The highest BCUT2D eigenvalue weighted by Crippen LogP contribution is 2.35. The number of ether oxygens (including phenoxy) is 1. The van der Waals surface area contributed by atoms with Crippen molar-refractivity contribution in [3.8, 4) is 5.75 Å². The van der Waals surface area contributed by atoms with Crippen LogP contribution in [0.4, 0.5) is 0 Å². The van der Waals surface area contributed by atoms with Gasteiger partial charge in [-0.2, -0.15) is 0 Å². The van der Waals surface area contributed by atoms with Gasteiger partial charge in [-0.05, 0) is 36.1 Å². The maximum Gasteiger partial charge on any atom is 0.313 e. The molecule has 0 bridgehead atoms. The highest BCUT2D eigenvalue weighted by atomic mass is 16.5. The summed E-state index contributed by atoms with van der Waals surface area (Å²) in [4.78, 5) is 11.4. The minimum atomic E-state index is -0.214. The van der Waals surface area contributed by atoms with Crippen LogP contribution in [-0.4, -0.2) is 18.2 Å². The summed E-state index contributed by atoms with van der Waals surface area (Å²) < 4.78 is 4.71. The Morgan fingerprint density at radius 3 is 3.07 bits per heavy atom. The summed E-state index contributed by atoms with van der Waals surface area (Å²) in [5.41, 5.74) is 2.05. The van der Waals surface area contributed by atoms with E-state index in [9.17, 15) is 9.90 Å². The average Bonchev–Trinajstić information content (AvgIpc) is 2.59. The molecule has 0 saturated carbocycles. The molecule has 74 valence electrons. The Bertz CT molecular complexity index is 371. The van der Waals surface area contributed by atoms with E-state index in [1.54, 1.807) is 12.1 Å². The predicted molar refractivity (Wildman–Crippen MR) is 51.2 cm³/mol. The van der Waals surface area contributed by atoms with Crippen molar-refractivity contribution in [2.45, 2.75) is 18.8 Å². The number of phenols is 1. The standard InChI is InChI=1S/C11H12O3/c1-14-11(13)9-5-3-7-2-4-8(12)6-10(7)9/h2,4,6,9,12H,3,5H2,1H3. The molecule has 3 heteroatoms. The van der Waals surface area contributed by atoms with Crippen LogP contribution in [0.25, 0.3) is 0 Å². The van der Waals surface area contributed by atoms with Crippen LogP contribution in [0.15, 0.2) is 18.2 Å². The van der Waals surface area contributed by atoms with Crippen LogP contribution in [-0.2, 0) is 16.0 Å². The zero-order valence-electron chi connectivity index (χ0n) is 7.99. The Labute approximate surface area is 82.3 Å². The van der Waals surface area contributed by atoms with Gasteiger partial charge in [-0.25, -0.2) is 0 Å². The maximum atomic E-state index is 11.4. The summed E-state index contributed by atoms with van der Waals surface area (Å²) in [6.07, 6.45) is 1.67. The second-order valence-corrected chi connectivity index (χ2v) is 3.50. The molecular weight excluding hydrogens is 180 g/mol. The van der Waals surface area contributed by atoms with E-state index in [-0.39, 0.29) is 17.6 Å². The highest BCUT2D eigenvalue weighted by molar-refractivity contribution is 5.79. The van der Waals surface area contributed by atoms with Crippen LogP contribution < -0.4 is 0 Å². The second-order valence-electron chi connectivity index (χ2n) is 3.50. The first-order chi connectivity index (χ1) is 6.72. The van der Waals surface area contributed by atoms with Gasteiger partial charge in [-0.3, -0.25) is 4.79 Å². The molecule has 0 fully saturated rings. The van der Waals surface area contributed by atoms with Crippen LogP contribution in [0.1, 0.15) is 23.5 Å². The number of esters is 1. The topological polar surface area (TPSA) is 46.5 Å². The summed E-state index contributed by atoms with van der Waals surface area (Å²) in [5.74, 6) is -0.198. The molecule has 0 saturated heterocycles. The molecule has 0 radical (unpaired) electrons. The summed E-state index contributed by atoms with van der Waals surface area (Å²) in [5, 5.41) is 9.32. The number of hydrogen-bond acceptors (Lipinski definition) is 3. The molecule has 0 aliphatic heterocycles. The van der Waals surface area contributed by atoms with Gasteiger partial charge >= 0.3 is 5.97 Å². The Hall–Kier alpha value is -1.51. The predicted octanol–water partition coefficient (Wildman–Crippen LogP) is 1.59. The third kappa shape index (κ3) is 1.35. The van der Waals surface area contributed by atoms with Crippen molar-refractivity contribution in [1.82, 2.24) is 0 Å². The fourth-order valence-electron chi connectivity index (χ4n) is 1.98. The molecule has 1 atom stereocenters. The molecule has 3 nitrogen and oxygen atoms in total. The zero-order valence-corrected chi connectivity index (χ0v) is 7.99. The molecule has 1 unspecified atom stereocenters. The molecular formula is C11H12O3. The molecule has 0 spiro atoms. The van der Waals surface area contributed by atoms with E-state index in [0.29, 0.717) is 0 Å². The van der Waals surface area contributed by atoms with E-state index < -0.39 is 0 Å². The van der Waals surface area contributed by atoms with E-state index >= 15 is 0 Å².